The van der Waals surface area contributed by atoms with Crippen LogP contribution in [-0.2, 0) is 9.59 Å². The van der Waals surface area contributed by atoms with Crippen molar-refractivity contribution < 1.29 is 19.8 Å². The van der Waals surface area contributed by atoms with Crippen molar-refractivity contribution in [2.75, 3.05) is 0 Å². The Balaban J connectivity index is 2.09. The van der Waals surface area contributed by atoms with Crippen LogP contribution in [0.15, 0.2) is 35.6 Å². The molecule has 1 atom stereocenters. The van der Waals surface area contributed by atoms with Crippen LogP contribution in [0.25, 0.3) is 0 Å². The molecule has 26 heavy (non-hydrogen) atoms. The van der Waals surface area contributed by atoms with Gasteiger partial charge < -0.3 is 15.1 Å². The quantitative estimate of drug-likeness (QED) is 0.856. The molecule has 1 unspecified atom stereocenters. The van der Waals surface area contributed by atoms with E-state index < -0.39 is 23.1 Å². The fourth-order valence-electron chi connectivity index (χ4n) is 3.98. The highest BCUT2D eigenvalue weighted by molar-refractivity contribution is 6.10. The number of rotatable bonds is 3. The zero-order chi connectivity index (χ0) is 19.1. The van der Waals surface area contributed by atoms with Crippen molar-refractivity contribution in [2.45, 2.75) is 65.0 Å². The van der Waals surface area contributed by atoms with Crippen molar-refractivity contribution in [1.82, 2.24) is 4.90 Å². The Morgan fingerprint density at radius 1 is 1.04 bits per heavy atom. The van der Waals surface area contributed by atoms with Crippen LogP contribution < -0.4 is 0 Å². The molecule has 1 fully saturated rings. The molecule has 5 heteroatoms. The van der Waals surface area contributed by atoms with Gasteiger partial charge in [0.05, 0.1) is 11.6 Å². The maximum Gasteiger partial charge on any atom is 0.290 e. The zero-order valence-corrected chi connectivity index (χ0v) is 15.7. The Bertz CT molecular complexity index is 736. The van der Waals surface area contributed by atoms with E-state index in [9.17, 15) is 19.8 Å². The minimum atomic E-state index is -0.707. The third-order valence-corrected chi connectivity index (χ3v) is 5.35. The third-order valence-electron chi connectivity index (χ3n) is 5.35. The van der Waals surface area contributed by atoms with Gasteiger partial charge in [-0.05, 0) is 30.5 Å². The SMILES string of the molecule is CC(C)(C)C(=O)C1=C(O)C(=O)N(C2CCCCC2)C1c1ccc(O)cc1. The number of aliphatic hydroxyl groups excluding tert-OH is 1. The molecule has 1 saturated carbocycles. The first kappa shape index (κ1) is 18.5. The second-order valence-corrected chi connectivity index (χ2v) is 8.34. The highest BCUT2D eigenvalue weighted by Gasteiger charge is 2.48. The molecule has 0 aromatic heterocycles. The van der Waals surface area contributed by atoms with Gasteiger partial charge in [-0.25, -0.2) is 0 Å². The molecular formula is C21H27NO4. The number of ketones is 1. The van der Waals surface area contributed by atoms with Gasteiger partial charge >= 0.3 is 0 Å². The number of carbonyl (C=O) groups is 2. The van der Waals surface area contributed by atoms with E-state index in [0.717, 1.165) is 37.7 Å². The van der Waals surface area contributed by atoms with E-state index in [1.165, 1.54) is 0 Å². The van der Waals surface area contributed by atoms with E-state index in [0.29, 0.717) is 0 Å². The van der Waals surface area contributed by atoms with Gasteiger partial charge in [-0.2, -0.15) is 0 Å². The summed E-state index contributed by atoms with van der Waals surface area (Å²) in [4.78, 5) is 27.7. The van der Waals surface area contributed by atoms with Crippen molar-refractivity contribution in [2.24, 2.45) is 5.41 Å². The average Bonchev–Trinajstić information content (AvgIpc) is 2.86. The molecule has 1 heterocycles. The standard InChI is InChI=1S/C21H27NO4/c1-21(2,3)19(25)16-17(13-9-11-15(23)12-10-13)22(20(26)18(16)24)14-7-5-4-6-8-14/h9-12,14,17,23-24H,4-8H2,1-3H3. The Morgan fingerprint density at radius 3 is 2.15 bits per heavy atom. The predicted molar refractivity (Wildman–Crippen MR) is 98.7 cm³/mol. The number of aromatic hydroxyl groups is 1. The van der Waals surface area contributed by atoms with Crippen molar-refractivity contribution in [3.05, 3.63) is 41.2 Å². The first-order valence-corrected chi connectivity index (χ1v) is 9.31. The summed E-state index contributed by atoms with van der Waals surface area (Å²) in [7, 11) is 0. The van der Waals surface area contributed by atoms with Crippen LogP contribution in [0.3, 0.4) is 0 Å². The van der Waals surface area contributed by atoms with E-state index in [1.807, 2.05) is 0 Å². The van der Waals surface area contributed by atoms with Crippen LogP contribution in [0, 0.1) is 5.41 Å². The Morgan fingerprint density at radius 2 is 1.62 bits per heavy atom. The third kappa shape index (κ3) is 3.22. The highest BCUT2D eigenvalue weighted by Crippen LogP contribution is 2.44. The fraction of sp³-hybridized carbons (Fsp3) is 0.524. The molecule has 1 aromatic rings. The Hall–Kier alpha value is -2.30. The predicted octanol–water partition coefficient (Wildman–Crippen LogP) is 4.04. The second kappa shape index (κ2) is 6.78. The van der Waals surface area contributed by atoms with E-state index >= 15 is 0 Å². The molecule has 1 aromatic carbocycles. The van der Waals surface area contributed by atoms with Crippen molar-refractivity contribution in [3.8, 4) is 5.75 Å². The molecule has 0 spiro atoms. The minimum absolute atomic E-state index is 0.0162. The van der Waals surface area contributed by atoms with Crippen LogP contribution in [0.1, 0.15) is 64.5 Å². The summed E-state index contributed by atoms with van der Waals surface area (Å²) in [5.41, 5.74) is 0.207. The number of hydrogen-bond donors (Lipinski definition) is 2. The first-order valence-electron chi connectivity index (χ1n) is 9.31. The summed E-state index contributed by atoms with van der Waals surface area (Å²) in [5, 5.41) is 20.2. The summed E-state index contributed by atoms with van der Waals surface area (Å²) in [6.45, 7) is 5.37. The lowest BCUT2D eigenvalue weighted by Crippen LogP contribution is -2.41. The minimum Gasteiger partial charge on any atom is -0.508 e. The molecule has 1 amide bonds. The number of benzene rings is 1. The average molecular weight is 357 g/mol. The van der Waals surface area contributed by atoms with Gasteiger partial charge in [-0.15, -0.1) is 0 Å². The summed E-state index contributed by atoms with van der Waals surface area (Å²) >= 11 is 0. The maximum atomic E-state index is 13.1. The van der Waals surface area contributed by atoms with Crippen molar-refractivity contribution in [1.29, 1.82) is 0 Å². The molecule has 0 bridgehead atoms. The molecule has 140 valence electrons. The largest absolute Gasteiger partial charge is 0.508 e. The molecule has 2 N–H and O–H groups in total. The van der Waals surface area contributed by atoms with Crippen molar-refractivity contribution in [3.63, 3.8) is 0 Å². The maximum absolute atomic E-state index is 13.1. The summed E-state index contributed by atoms with van der Waals surface area (Å²) < 4.78 is 0. The lowest BCUT2D eigenvalue weighted by atomic mass is 9.81. The molecule has 5 nitrogen and oxygen atoms in total. The summed E-state index contributed by atoms with van der Waals surface area (Å²) in [6.07, 6.45) is 4.99. The first-order chi connectivity index (χ1) is 12.2. The number of carbonyl (C=O) groups excluding carboxylic acids is 2. The van der Waals surface area contributed by atoms with Crippen LogP contribution in [0.2, 0.25) is 0 Å². The fourth-order valence-corrected chi connectivity index (χ4v) is 3.98. The normalized spacial score (nSPS) is 22.2. The van der Waals surface area contributed by atoms with E-state index in [4.69, 9.17) is 0 Å². The van der Waals surface area contributed by atoms with Gasteiger partial charge in [0.25, 0.3) is 5.91 Å². The van der Waals surface area contributed by atoms with Gasteiger partial charge in [0, 0.05) is 11.5 Å². The number of phenols is 1. The number of Topliss-reactive ketones (excluding diaryl/α,β-unsaturated/α-hetero) is 1. The van der Waals surface area contributed by atoms with Crippen LogP contribution >= 0.6 is 0 Å². The molecule has 1 aliphatic carbocycles. The van der Waals surface area contributed by atoms with Gasteiger partial charge in [-0.1, -0.05) is 52.2 Å². The molecule has 3 rings (SSSR count). The lowest BCUT2D eigenvalue weighted by molar-refractivity contribution is -0.132. The van der Waals surface area contributed by atoms with Gasteiger partial charge in [0.15, 0.2) is 11.5 Å². The number of hydrogen-bond acceptors (Lipinski definition) is 4. The van der Waals surface area contributed by atoms with E-state index in [1.54, 1.807) is 49.9 Å². The van der Waals surface area contributed by atoms with Crippen molar-refractivity contribution >= 4 is 11.7 Å². The Kier molecular flexibility index (Phi) is 4.82. The number of aliphatic hydroxyl groups is 1. The number of phenolic OH excluding ortho intramolecular Hbond substituents is 1. The van der Waals surface area contributed by atoms with Crippen LogP contribution in [0.5, 0.6) is 5.75 Å². The highest BCUT2D eigenvalue weighted by atomic mass is 16.3. The molecule has 1 aliphatic heterocycles. The molecule has 0 radical (unpaired) electrons. The lowest BCUT2D eigenvalue weighted by Gasteiger charge is -2.37. The molecular weight excluding hydrogens is 330 g/mol. The number of nitrogens with zero attached hydrogens (tertiary/aromatic N) is 1. The van der Waals surface area contributed by atoms with Crippen LogP contribution in [0.4, 0.5) is 0 Å². The monoisotopic (exact) mass is 357 g/mol. The number of amides is 1. The van der Waals surface area contributed by atoms with E-state index in [-0.39, 0.29) is 23.1 Å². The van der Waals surface area contributed by atoms with Gasteiger partial charge in [0.2, 0.25) is 0 Å². The topological polar surface area (TPSA) is 77.8 Å². The van der Waals surface area contributed by atoms with E-state index in [2.05, 4.69) is 0 Å². The smallest absolute Gasteiger partial charge is 0.290 e. The summed E-state index contributed by atoms with van der Waals surface area (Å²) in [6, 6.07) is 5.95. The zero-order valence-electron chi connectivity index (χ0n) is 15.7. The van der Waals surface area contributed by atoms with Gasteiger partial charge in [-0.3, -0.25) is 9.59 Å². The Labute approximate surface area is 154 Å². The van der Waals surface area contributed by atoms with Gasteiger partial charge in [0.1, 0.15) is 5.75 Å². The second-order valence-electron chi connectivity index (χ2n) is 8.34. The molecule has 2 aliphatic rings. The molecule has 0 saturated heterocycles. The van der Waals surface area contributed by atoms with Crippen LogP contribution in [-0.4, -0.2) is 32.8 Å². The summed E-state index contributed by atoms with van der Waals surface area (Å²) in [5.74, 6) is -0.977.